The van der Waals surface area contributed by atoms with E-state index in [1.54, 1.807) is 0 Å². The number of nitrogens with one attached hydrogen (secondary N) is 1. The van der Waals surface area contributed by atoms with Gasteiger partial charge in [-0.15, -0.1) is 0 Å². The molecule has 0 saturated heterocycles. The van der Waals surface area contributed by atoms with Gasteiger partial charge < -0.3 is 4.52 Å². The van der Waals surface area contributed by atoms with E-state index in [1.165, 1.54) is 6.07 Å². The molecule has 1 N–H and O–H groups in total. The Morgan fingerprint density at radius 3 is 2.54 bits per heavy atom. The highest BCUT2D eigenvalue weighted by Gasteiger charge is 2.21. The summed E-state index contributed by atoms with van der Waals surface area (Å²) < 4.78 is 33.3. The number of hydrogen-bond donors (Lipinski definition) is 1. The monoisotopic (exact) mass is 454 g/mol. The van der Waals surface area contributed by atoms with E-state index in [4.69, 9.17) is 4.52 Å². The van der Waals surface area contributed by atoms with Crippen LogP contribution in [0.2, 0.25) is 0 Å². The Bertz CT molecular complexity index is 950. The SMILES string of the molecule is Cc1ccc(CNS(=O)(=O)c2cc(-c3ccccc3I)no2)cc1. The number of benzene rings is 2. The largest absolute Gasteiger partial charge is 0.343 e. The minimum Gasteiger partial charge on any atom is -0.343 e. The van der Waals surface area contributed by atoms with Gasteiger partial charge in [-0.3, -0.25) is 0 Å². The molecule has 7 heteroatoms. The van der Waals surface area contributed by atoms with Crippen LogP contribution < -0.4 is 4.72 Å². The van der Waals surface area contributed by atoms with E-state index in [0.29, 0.717) is 5.69 Å². The van der Waals surface area contributed by atoms with Crippen molar-refractivity contribution in [1.29, 1.82) is 0 Å². The van der Waals surface area contributed by atoms with Crippen LogP contribution in [0.3, 0.4) is 0 Å². The van der Waals surface area contributed by atoms with Crippen molar-refractivity contribution in [3.05, 3.63) is 69.3 Å². The molecule has 0 aliphatic rings. The zero-order valence-electron chi connectivity index (χ0n) is 12.9. The second-order valence-corrected chi connectivity index (χ2v) is 8.18. The van der Waals surface area contributed by atoms with E-state index < -0.39 is 10.0 Å². The van der Waals surface area contributed by atoms with Gasteiger partial charge in [-0.05, 0) is 41.1 Å². The molecule has 24 heavy (non-hydrogen) atoms. The molecule has 0 amide bonds. The fourth-order valence-corrected chi connectivity index (χ4v) is 3.70. The van der Waals surface area contributed by atoms with Crippen LogP contribution in [0, 0.1) is 10.5 Å². The highest BCUT2D eigenvalue weighted by Crippen LogP contribution is 2.26. The van der Waals surface area contributed by atoms with E-state index >= 15 is 0 Å². The molecule has 1 aromatic heterocycles. The molecule has 5 nitrogen and oxygen atoms in total. The molecule has 0 aliphatic heterocycles. The molecule has 0 fully saturated rings. The van der Waals surface area contributed by atoms with Crippen LogP contribution in [0.1, 0.15) is 11.1 Å². The van der Waals surface area contributed by atoms with E-state index in [2.05, 4.69) is 32.5 Å². The van der Waals surface area contributed by atoms with Crippen LogP contribution in [0.25, 0.3) is 11.3 Å². The van der Waals surface area contributed by atoms with Crippen molar-refractivity contribution < 1.29 is 12.9 Å². The third-order valence-electron chi connectivity index (χ3n) is 3.49. The highest BCUT2D eigenvalue weighted by atomic mass is 127. The fraction of sp³-hybridized carbons (Fsp3) is 0.118. The summed E-state index contributed by atoms with van der Waals surface area (Å²) in [5.41, 5.74) is 3.33. The van der Waals surface area contributed by atoms with Crippen molar-refractivity contribution >= 4 is 32.6 Å². The smallest absolute Gasteiger partial charge is 0.277 e. The Labute approximate surface area is 154 Å². The predicted octanol–water partition coefficient (Wildman–Crippen LogP) is 3.73. The molecule has 3 aromatic rings. The lowest BCUT2D eigenvalue weighted by Gasteiger charge is -2.04. The van der Waals surface area contributed by atoms with Gasteiger partial charge in [0.05, 0.1) is 0 Å². The zero-order valence-corrected chi connectivity index (χ0v) is 15.8. The molecule has 0 atom stereocenters. The molecular formula is C17H15IN2O3S. The Hall–Kier alpha value is -1.71. The molecule has 0 bridgehead atoms. The van der Waals surface area contributed by atoms with Crippen molar-refractivity contribution in [1.82, 2.24) is 9.88 Å². The zero-order chi connectivity index (χ0) is 17.2. The van der Waals surface area contributed by atoms with Crippen LogP contribution in [0.4, 0.5) is 0 Å². The summed E-state index contributed by atoms with van der Waals surface area (Å²) in [4.78, 5) is 0. The molecule has 3 rings (SSSR count). The summed E-state index contributed by atoms with van der Waals surface area (Å²) in [6.07, 6.45) is 0. The predicted molar refractivity (Wildman–Crippen MR) is 99.9 cm³/mol. The van der Waals surface area contributed by atoms with Crippen LogP contribution >= 0.6 is 22.6 Å². The van der Waals surface area contributed by atoms with Crippen molar-refractivity contribution in [2.45, 2.75) is 18.6 Å². The number of hydrogen-bond acceptors (Lipinski definition) is 4. The lowest BCUT2D eigenvalue weighted by molar-refractivity contribution is 0.339. The van der Waals surface area contributed by atoms with E-state index in [0.717, 1.165) is 20.3 Å². The van der Waals surface area contributed by atoms with Crippen molar-refractivity contribution in [3.8, 4) is 11.3 Å². The summed E-state index contributed by atoms with van der Waals surface area (Å²) >= 11 is 2.17. The fourth-order valence-electron chi connectivity index (χ4n) is 2.14. The first-order chi connectivity index (χ1) is 11.5. The molecule has 0 saturated carbocycles. The summed E-state index contributed by atoms with van der Waals surface area (Å²) in [7, 11) is -3.75. The minimum atomic E-state index is -3.75. The Balaban J connectivity index is 1.78. The van der Waals surface area contributed by atoms with Gasteiger partial charge in [-0.1, -0.05) is 53.2 Å². The minimum absolute atomic E-state index is 0.190. The summed E-state index contributed by atoms with van der Waals surface area (Å²) in [5, 5.41) is 3.69. The van der Waals surface area contributed by atoms with Gasteiger partial charge in [0.1, 0.15) is 5.69 Å². The van der Waals surface area contributed by atoms with Crippen LogP contribution in [-0.4, -0.2) is 13.6 Å². The molecular weight excluding hydrogens is 439 g/mol. The lowest BCUT2D eigenvalue weighted by Crippen LogP contribution is -2.22. The van der Waals surface area contributed by atoms with Crippen LogP contribution in [0.5, 0.6) is 0 Å². The van der Waals surface area contributed by atoms with E-state index in [9.17, 15) is 8.42 Å². The Kier molecular flexibility index (Phi) is 5.02. The molecule has 1 heterocycles. The maximum Gasteiger partial charge on any atom is 0.277 e. The van der Waals surface area contributed by atoms with Gasteiger partial charge in [0.25, 0.3) is 15.1 Å². The Morgan fingerprint density at radius 1 is 1.12 bits per heavy atom. The van der Waals surface area contributed by atoms with Crippen molar-refractivity contribution in [3.63, 3.8) is 0 Å². The molecule has 2 aromatic carbocycles. The average Bonchev–Trinajstić information content (AvgIpc) is 3.05. The number of sulfonamides is 1. The topological polar surface area (TPSA) is 72.2 Å². The third kappa shape index (κ3) is 3.85. The second kappa shape index (κ2) is 7.04. The third-order valence-corrected chi connectivity index (χ3v) is 5.68. The summed E-state index contributed by atoms with van der Waals surface area (Å²) in [6.45, 7) is 2.18. The highest BCUT2D eigenvalue weighted by molar-refractivity contribution is 14.1. The van der Waals surface area contributed by atoms with Gasteiger partial charge in [-0.25, -0.2) is 13.1 Å². The Morgan fingerprint density at radius 2 is 1.83 bits per heavy atom. The first kappa shape index (κ1) is 17.1. The quantitative estimate of drug-likeness (QED) is 0.597. The normalized spacial score (nSPS) is 11.6. The first-order valence-corrected chi connectivity index (χ1v) is 9.79. The average molecular weight is 454 g/mol. The van der Waals surface area contributed by atoms with Crippen LogP contribution in [0.15, 0.2) is 64.2 Å². The van der Waals surface area contributed by atoms with Gasteiger partial charge in [0.15, 0.2) is 0 Å². The van der Waals surface area contributed by atoms with Crippen molar-refractivity contribution in [2.24, 2.45) is 0 Å². The second-order valence-electron chi connectivity index (χ2n) is 5.32. The van der Waals surface area contributed by atoms with Gasteiger partial charge in [0, 0.05) is 21.7 Å². The lowest BCUT2D eigenvalue weighted by atomic mass is 10.2. The molecule has 124 valence electrons. The first-order valence-electron chi connectivity index (χ1n) is 7.22. The summed E-state index contributed by atoms with van der Waals surface area (Å²) in [5.74, 6) is 0. The van der Waals surface area contributed by atoms with Crippen LogP contribution in [-0.2, 0) is 16.6 Å². The van der Waals surface area contributed by atoms with Crippen molar-refractivity contribution in [2.75, 3.05) is 0 Å². The van der Waals surface area contributed by atoms with Gasteiger partial charge in [-0.2, -0.15) is 0 Å². The maximum absolute atomic E-state index is 12.4. The molecule has 0 spiro atoms. The molecule has 0 aliphatic carbocycles. The maximum atomic E-state index is 12.4. The molecule has 0 unspecified atom stereocenters. The number of halogens is 1. The number of aryl methyl sites for hydroxylation is 1. The molecule has 0 radical (unpaired) electrons. The standard InChI is InChI=1S/C17H15IN2O3S/c1-12-6-8-13(9-7-12)11-19-24(21,22)17-10-16(20-23-17)14-4-2-3-5-15(14)18/h2-10,19H,11H2,1H3. The van der Waals surface area contributed by atoms with E-state index in [1.807, 2.05) is 55.5 Å². The number of rotatable bonds is 5. The number of nitrogens with zero attached hydrogens (tertiary/aromatic N) is 1. The van der Waals surface area contributed by atoms with E-state index in [-0.39, 0.29) is 11.6 Å². The summed E-state index contributed by atoms with van der Waals surface area (Å²) in [6, 6.07) is 16.7. The number of aromatic nitrogens is 1. The van der Waals surface area contributed by atoms with Gasteiger partial charge >= 0.3 is 0 Å². The van der Waals surface area contributed by atoms with Gasteiger partial charge in [0.2, 0.25) is 0 Å².